The smallest absolute Gasteiger partial charge is 0.418 e. The van der Waals surface area contributed by atoms with E-state index in [0.717, 1.165) is 0 Å². The molecule has 0 spiro atoms. The molecule has 112 valence electrons. The van der Waals surface area contributed by atoms with Gasteiger partial charge in [-0.15, -0.1) is 0 Å². The van der Waals surface area contributed by atoms with Crippen LogP contribution in [0.25, 0.3) is 0 Å². The lowest BCUT2D eigenvalue weighted by molar-refractivity contribution is -0.140. The third-order valence-corrected chi connectivity index (χ3v) is 2.39. The normalized spacial score (nSPS) is 11.8. The molecule has 0 aliphatic heterocycles. The van der Waals surface area contributed by atoms with Crippen molar-refractivity contribution in [1.29, 1.82) is 0 Å². The number of halogens is 5. The Morgan fingerprint density at radius 3 is 2.45 bits per heavy atom. The fraction of sp³-hybridized carbons (Fsp3) is 0.455. The molecule has 0 bridgehead atoms. The van der Waals surface area contributed by atoms with E-state index in [-0.39, 0.29) is 6.61 Å². The highest BCUT2D eigenvalue weighted by molar-refractivity contribution is 5.91. The Bertz CT molecular complexity index is 502. The van der Waals surface area contributed by atoms with Gasteiger partial charge in [-0.3, -0.25) is 4.98 Å². The molecule has 0 atom stereocenters. The molecule has 0 aromatic carbocycles. The molecule has 0 unspecified atom stereocenters. The maximum absolute atomic E-state index is 13.0. The molecular weight excluding hydrogens is 287 g/mol. The number of rotatable bonds is 4. The first-order valence-electron chi connectivity index (χ1n) is 5.48. The van der Waals surface area contributed by atoms with Gasteiger partial charge in [-0.25, -0.2) is 13.6 Å². The van der Waals surface area contributed by atoms with Crippen LogP contribution in [0.5, 0.6) is 0 Å². The van der Waals surface area contributed by atoms with E-state index in [4.69, 9.17) is 5.73 Å². The van der Waals surface area contributed by atoms with Gasteiger partial charge in [0.25, 0.3) is 6.43 Å². The second-order valence-corrected chi connectivity index (χ2v) is 3.63. The molecule has 0 radical (unpaired) electrons. The molecule has 0 amide bonds. The van der Waals surface area contributed by atoms with Gasteiger partial charge >= 0.3 is 12.1 Å². The van der Waals surface area contributed by atoms with E-state index in [2.05, 4.69) is 9.72 Å². The van der Waals surface area contributed by atoms with Gasteiger partial charge in [0, 0.05) is 18.3 Å². The summed E-state index contributed by atoms with van der Waals surface area (Å²) in [7, 11) is 0. The first-order valence-corrected chi connectivity index (χ1v) is 5.48. The van der Waals surface area contributed by atoms with E-state index < -0.39 is 47.5 Å². The van der Waals surface area contributed by atoms with Crippen molar-refractivity contribution in [1.82, 2.24) is 4.98 Å². The number of pyridine rings is 1. The van der Waals surface area contributed by atoms with Gasteiger partial charge in [0.15, 0.2) is 0 Å². The Morgan fingerprint density at radius 1 is 1.45 bits per heavy atom. The second-order valence-electron chi connectivity index (χ2n) is 3.63. The molecule has 1 rings (SSSR count). The number of carbonyl (C=O) groups is 1. The molecule has 4 nitrogen and oxygen atoms in total. The average molecular weight is 298 g/mol. The van der Waals surface area contributed by atoms with Crippen molar-refractivity contribution in [3.8, 4) is 0 Å². The predicted molar refractivity (Wildman–Crippen MR) is 58.0 cm³/mol. The van der Waals surface area contributed by atoms with E-state index in [1.165, 1.54) is 6.92 Å². The molecule has 20 heavy (non-hydrogen) atoms. The average Bonchev–Trinajstić information content (AvgIpc) is 2.35. The number of esters is 1. The van der Waals surface area contributed by atoms with Crippen LogP contribution in [0, 0.1) is 0 Å². The summed E-state index contributed by atoms with van der Waals surface area (Å²) in [6.07, 6.45) is -7.99. The molecule has 0 fully saturated rings. The highest BCUT2D eigenvalue weighted by Crippen LogP contribution is 2.39. The molecule has 9 heteroatoms. The summed E-state index contributed by atoms with van der Waals surface area (Å²) in [5.74, 6) is -1.29. The van der Waals surface area contributed by atoms with E-state index >= 15 is 0 Å². The Morgan fingerprint density at radius 2 is 2.05 bits per heavy atom. The quantitative estimate of drug-likeness (QED) is 0.685. The zero-order valence-corrected chi connectivity index (χ0v) is 10.3. The minimum Gasteiger partial charge on any atom is -0.462 e. The number of aromatic nitrogens is 1. The first-order chi connectivity index (χ1) is 9.23. The minimum atomic E-state index is -5.10. The van der Waals surface area contributed by atoms with E-state index in [1.807, 2.05) is 0 Å². The number of carbonyl (C=O) groups excluding carboxylic acids is 1. The SMILES string of the molecule is CCOC(=O)c1cnc(CN)c(C(F)(F)F)c1C(F)F. The summed E-state index contributed by atoms with van der Waals surface area (Å²) in [6, 6.07) is 0. The molecule has 0 aliphatic rings. The minimum absolute atomic E-state index is 0.165. The van der Waals surface area contributed by atoms with Gasteiger partial charge < -0.3 is 10.5 Å². The van der Waals surface area contributed by atoms with Crippen LogP contribution in [0.1, 0.15) is 40.5 Å². The summed E-state index contributed by atoms with van der Waals surface area (Å²) in [5.41, 5.74) is 0.285. The van der Waals surface area contributed by atoms with Crippen molar-refractivity contribution in [3.05, 3.63) is 28.6 Å². The maximum Gasteiger partial charge on any atom is 0.418 e. The predicted octanol–water partition coefficient (Wildman–Crippen LogP) is 2.67. The molecule has 2 N–H and O–H groups in total. The van der Waals surface area contributed by atoms with Gasteiger partial charge in [0.1, 0.15) is 0 Å². The summed E-state index contributed by atoms with van der Waals surface area (Å²) < 4.78 is 69.1. The number of hydrogen-bond donors (Lipinski definition) is 1. The van der Waals surface area contributed by atoms with Crippen molar-refractivity contribution in [2.75, 3.05) is 6.61 Å². The standard InChI is InChI=1S/C11H11F5N2O2/c1-2-20-10(19)5-4-18-6(3-17)8(11(14,15)16)7(5)9(12)13/h4,9H,2-3,17H2,1H3. The van der Waals surface area contributed by atoms with Gasteiger partial charge in [0.05, 0.1) is 23.4 Å². The van der Waals surface area contributed by atoms with Crippen molar-refractivity contribution in [2.45, 2.75) is 26.1 Å². The number of nitrogens with zero attached hydrogens (tertiary/aromatic N) is 1. The lowest BCUT2D eigenvalue weighted by Gasteiger charge is -2.18. The summed E-state index contributed by atoms with van der Waals surface area (Å²) in [4.78, 5) is 14.8. The van der Waals surface area contributed by atoms with Gasteiger partial charge in [-0.1, -0.05) is 0 Å². The Balaban J connectivity index is 3.61. The lowest BCUT2D eigenvalue weighted by Crippen LogP contribution is -2.21. The van der Waals surface area contributed by atoms with Crippen LogP contribution in [0.15, 0.2) is 6.20 Å². The summed E-state index contributed by atoms with van der Waals surface area (Å²) in [6.45, 7) is 0.547. The number of alkyl halides is 5. The van der Waals surface area contributed by atoms with Gasteiger partial charge in [0.2, 0.25) is 0 Å². The molecule has 0 saturated heterocycles. The third-order valence-electron chi connectivity index (χ3n) is 2.39. The molecule has 0 saturated carbocycles. The van der Waals surface area contributed by atoms with E-state index in [1.54, 1.807) is 0 Å². The van der Waals surface area contributed by atoms with Crippen LogP contribution < -0.4 is 5.73 Å². The second kappa shape index (κ2) is 6.12. The van der Waals surface area contributed by atoms with Crippen LogP contribution in [0.3, 0.4) is 0 Å². The highest BCUT2D eigenvalue weighted by Gasteiger charge is 2.41. The largest absolute Gasteiger partial charge is 0.462 e. The Labute approximate surface area is 110 Å². The van der Waals surface area contributed by atoms with Crippen molar-refractivity contribution < 1.29 is 31.5 Å². The Kier molecular flexibility index (Phi) is 4.98. The molecule has 1 aromatic rings. The van der Waals surface area contributed by atoms with Gasteiger partial charge in [-0.05, 0) is 6.92 Å². The van der Waals surface area contributed by atoms with Crippen LogP contribution in [-0.4, -0.2) is 17.6 Å². The zero-order valence-electron chi connectivity index (χ0n) is 10.3. The molecule has 1 heterocycles. The van der Waals surface area contributed by atoms with E-state index in [0.29, 0.717) is 6.20 Å². The number of ether oxygens (including phenoxy) is 1. The third kappa shape index (κ3) is 3.21. The topological polar surface area (TPSA) is 65.2 Å². The van der Waals surface area contributed by atoms with E-state index in [9.17, 15) is 26.7 Å². The Hall–Kier alpha value is -1.77. The monoisotopic (exact) mass is 298 g/mol. The van der Waals surface area contributed by atoms with Gasteiger partial charge in [-0.2, -0.15) is 13.2 Å². The zero-order chi connectivity index (χ0) is 15.5. The van der Waals surface area contributed by atoms with Crippen molar-refractivity contribution in [2.24, 2.45) is 5.73 Å². The molecule has 1 aromatic heterocycles. The molecule has 0 aliphatic carbocycles. The van der Waals surface area contributed by atoms with Crippen LogP contribution in [0.2, 0.25) is 0 Å². The maximum atomic E-state index is 13.0. The molecular formula is C11H11F5N2O2. The lowest BCUT2D eigenvalue weighted by atomic mass is 10.0. The van der Waals surface area contributed by atoms with Crippen LogP contribution in [0.4, 0.5) is 22.0 Å². The first kappa shape index (κ1) is 16.3. The summed E-state index contributed by atoms with van der Waals surface area (Å²) in [5, 5.41) is 0. The van der Waals surface area contributed by atoms with Crippen LogP contribution in [-0.2, 0) is 17.5 Å². The number of nitrogens with two attached hydrogens (primary N) is 1. The van der Waals surface area contributed by atoms with Crippen molar-refractivity contribution in [3.63, 3.8) is 0 Å². The highest BCUT2D eigenvalue weighted by atomic mass is 19.4. The van der Waals surface area contributed by atoms with Crippen molar-refractivity contribution >= 4 is 5.97 Å². The fourth-order valence-corrected chi connectivity index (χ4v) is 1.64. The fourth-order valence-electron chi connectivity index (χ4n) is 1.64. The van der Waals surface area contributed by atoms with Crippen LogP contribution >= 0.6 is 0 Å². The summed E-state index contributed by atoms with van der Waals surface area (Å²) >= 11 is 0. The number of hydrogen-bond acceptors (Lipinski definition) is 4.